The zero-order valence-electron chi connectivity index (χ0n) is 16.9. The summed E-state index contributed by atoms with van der Waals surface area (Å²) in [5.74, 6) is 0.635. The standard InChI is InChI=1S/C23H31NO4/c1-15-13-24(11-9-21(15)17-4-3-5-18(12-17)22(26)27)20-8-10-23(16(2)25,28-14-20)19-6-7-19/h3-5,12,15,19-21H,6-11,13-14H2,1-2H3,(H,26,27)/t15-,20-,21-,23-/m1/s1. The summed E-state index contributed by atoms with van der Waals surface area (Å²) in [4.78, 5) is 26.0. The van der Waals surface area contributed by atoms with E-state index in [0.717, 1.165) is 50.8 Å². The van der Waals surface area contributed by atoms with Gasteiger partial charge in [-0.05, 0) is 81.0 Å². The number of hydrogen-bond donors (Lipinski definition) is 1. The van der Waals surface area contributed by atoms with Crippen molar-refractivity contribution in [1.82, 2.24) is 4.90 Å². The summed E-state index contributed by atoms with van der Waals surface area (Å²) in [5, 5.41) is 9.26. The number of benzene rings is 1. The number of carboxylic acid groups (broad SMARTS) is 1. The average molecular weight is 386 g/mol. The van der Waals surface area contributed by atoms with Crippen molar-refractivity contribution in [1.29, 1.82) is 0 Å². The highest BCUT2D eigenvalue weighted by molar-refractivity contribution is 5.87. The Balaban J connectivity index is 1.38. The van der Waals surface area contributed by atoms with Gasteiger partial charge >= 0.3 is 5.97 Å². The SMILES string of the molecule is CC(=O)[C@@]1(C2CC2)CC[C@@H](N2CC[C@@H](c3cccc(C(=O)O)c3)[C@H](C)C2)CO1. The maximum absolute atomic E-state index is 12.2. The molecule has 0 radical (unpaired) electrons. The number of piperidine rings is 1. The Bertz CT molecular complexity index is 749. The topological polar surface area (TPSA) is 66.8 Å². The van der Waals surface area contributed by atoms with Crippen molar-refractivity contribution in [2.75, 3.05) is 19.7 Å². The minimum Gasteiger partial charge on any atom is -0.478 e. The molecule has 5 nitrogen and oxygen atoms in total. The van der Waals surface area contributed by atoms with Crippen LogP contribution in [0.1, 0.15) is 67.8 Å². The van der Waals surface area contributed by atoms with Crippen molar-refractivity contribution in [2.45, 2.75) is 63.5 Å². The first kappa shape index (κ1) is 19.6. The van der Waals surface area contributed by atoms with Crippen LogP contribution < -0.4 is 0 Å². The third kappa shape index (κ3) is 3.62. The first-order valence-electron chi connectivity index (χ1n) is 10.6. The van der Waals surface area contributed by atoms with Crippen LogP contribution in [-0.4, -0.2) is 53.1 Å². The predicted molar refractivity (Wildman–Crippen MR) is 107 cm³/mol. The van der Waals surface area contributed by atoms with Crippen molar-refractivity contribution in [2.24, 2.45) is 11.8 Å². The van der Waals surface area contributed by atoms with Gasteiger partial charge in [-0.3, -0.25) is 9.69 Å². The lowest BCUT2D eigenvalue weighted by atomic mass is 9.79. The molecule has 2 saturated heterocycles. The molecule has 1 aromatic rings. The summed E-state index contributed by atoms with van der Waals surface area (Å²) in [6.07, 6.45) is 5.17. The van der Waals surface area contributed by atoms with Gasteiger partial charge < -0.3 is 9.84 Å². The van der Waals surface area contributed by atoms with Crippen LogP contribution in [0.5, 0.6) is 0 Å². The average Bonchev–Trinajstić information content (AvgIpc) is 3.53. The normalized spacial score (nSPS) is 34.1. The number of nitrogens with zero attached hydrogens (tertiary/aromatic N) is 1. The van der Waals surface area contributed by atoms with Crippen molar-refractivity contribution in [3.63, 3.8) is 0 Å². The van der Waals surface area contributed by atoms with E-state index in [1.54, 1.807) is 13.0 Å². The Hall–Kier alpha value is -1.72. The Labute approximate surface area is 167 Å². The molecule has 2 heterocycles. The lowest BCUT2D eigenvalue weighted by molar-refractivity contribution is -0.161. The molecule has 1 aliphatic carbocycles. The quantitative estimate of drug-likeness (QED) is 0.837. The molecule has 0 aromatic heterocycles. The molecule has 28 heavy (non-hydrogen) atoms. The number of aromatic carboxylic acids is 1. The Morgan fingerprint density at radius 3 is 2.57 bits per heavy atom. The van der Waals surface area contributed by atoms with Gasteiger partial charge in [-0.25, -0.2) is 4.79 Å². The Morgan fingerprint density at radius 1 is 1.21 bits per heavy atom. The maximum Gasteiger partial charge on any atom is 0.335 e. The van der Waals surface area contributed by atoms with Gasteiger partial charge in [0.05, 0.1) is 12.2 Å². The number of rotatable bonds is 5. The summed E-state index contributed by atoms with van der Waals surface area (Å²) in [6, 6.07) is 7.79. The molecule has 0 bridgehead atoms. The molecule has 4 rings (SSSR count). The molecule has 152 valence electrons. The third-order valence-electron chi connectivity index (χ3n) is 7.23. The zero-order chi connectivity index (χ0) is 19.9. The highest BCUT2D eigenvalue weighted by Gasteiger charge is 2.52. The van der Waals surface area contributed by atoms with Crippen LogP contribution in [0.3, 0.4) is 0 Å². The number of ether oxygens (including phenoxy) is 1. The minimum absolute atomic E-state index is 0.207. The van der Waals surface area contributed by atoms with E-state index in [1.165, 1.54) is 0 Å². The Kier molecular flexibility index (Phi) is 5.32. The number of ketones is 1. The molecule has 5 heteroatoms. The summed E-state index contributed by atoms with van der Waals surface area (Å²) in [6.45, 7) is 6.60. The third-order valence-corrected chi connectivity index (χ3v) is 7.23. The summed E-state index contributed by atoms with van der Waals surface area (Å²) < 4.78 is 6.25. The molecule has 4 atom stereocenters. The van der Waals surface area contributed by atoms with E-state index in [4.69, 9.17) is 4.74 Å². The number of hydrogen-bond acceptors (Lipinski definition) is 4. The number of carbonyl (C=O) groups excluding carboxylic acids is 1. The first-order valence-corrected chi connectivity index (χ1v) is 10.6. The molecule has 1 saturated carbocycles. The minimum atomic E-state index is -0.865. The second kappa shape index (κ2) is 7.60. The maximum atomic E-state index is 12.2. The highest BCUT2D eigenvalue weighted by Crippen LogP contribution is 2.47. The molecule has 0 amide bonds. The first-order chi connectivity index (χ1) is 13.4. The van der Waals surface area contributed by atoms with Crippen molar-refractivity contribution in [3.05, 3.63) is 35.4 Å². The second-order valence-corrected chi connectivity index (χ2v) is 9.02. The van der Waals surface area contributed by atoms with Crippen LogP contribution in [-0.2, 0) is 9.53 Å². The van der Waals surface area contributed by atoms with Crippen LogP contribution in [0.25, 0.3) is 0 Å². The van der Waals surface area contributed by atoms with Gasteiger partial charge in [0.1, 0.15) is 5.60 Å². The van der Waals surface area contributed by atoms with Gasteiger partial charge in [-0.2, -0.15) is 0 Å². The van der Waals surface area contributed by atoms with Gasteiger partial charge in [-0.1, -0.05) is 19.1 Å². The van der Waals surface area contributed by atoms with Crippen molar-refractivity contribution < 1.29 is 19.4 Å². The molecular weight excluding hydrogens is 354 g/mol. The monoisotopic (exact) mass is 385 g/mol. The van der Waals surface area contributed by atoms with Gasteiger partial charge in [0.25, 0.3) is 0 Å². The van der Waals surface area contributed by atoms with E-state index in [2.05, 4.69) is 17.9 Å². The van der Waals surface area contributed by atoms with E-state index in [-0.39, 0.29) is 5.78 Å². The molecule has 0 unspecified atom stereocenters. The smallest absolute Gasteiger partial charge is 0.335 e. The van der Waals surface area contributed by atoms with E-state index >= 15 is 0 Å². The van der Waals surface area contributed by atoms with Crippen LogP contribution in [0.15, 0.2) is 24.3 Å². The molecule has 2 aliphatic heterocycles. The number of likely N-dealkylation sites (tertiary alicyclic amines) is 1. The lowest BCUT2D eigenvalue weighted by Gasteiger charge is -2.46. The van der Waals surface area contributed by atoms with Gasteiger partial charge in [0.15, 0.2) is 5.78 Å². The highest BCUT2D eigenvalue weighted by atomic mass is 16.5. The van der Waals surface area contributed by atoms with Crippen LogP contribution in [0.4, 0.5) is 0 Å². The van der Waals surface area contributed by atoms with Crippen LogP contribution in [0.2, 0.25) is 0 Å². The Morgan fingerprint density at radius 2 is 2.00 bits per heavy atom. The number of Topliss-reactive ketones (excluding diaryl/α,β-unsaturated/α-hetero) is 1. The molecule has 3 aliphatic rings. The van der Waals surface area contributed by atoms with Crippen LogP contribution in [0, 0.1) is 11.8 Å². The predicted octanol–water partition coefficient (Wildman–Crippen LogP) is 3.73. The summed E-state index contributed by atoms with van der Waals surface area (Å²) >= 11 is 0. The molecule has 3 fully saturated rings. The lowest BCUT2D eigenvalue weighted by Crippen LogP contribution is -2.54. The van der Waals surface area contributed by atoms with Gasteiger partial charge in [0.2, 0.25) is 0 Å². The van der Waals surface area contributed by atoms with E-state index in [1.807, 2.05) is 12.1 Å². The van der Waals surface area contributed by atoms with Gasteiger partial charge in [-0.15, -0.1) is 0 Å². The number of carboxylic acids is 1. The van der Waals surface area contributed by atoms with Gasteiger partial charge in [0, 0.05) is 12.6 Å². The van der Waals surface area contributed by atoms with Crippen LogP contribution >= 0.6 is 0 Å². The molecule has 1 N–H and O–H groups in total. The fraction of sp³-hybridized carbons (Fsp3) is 0.652. The zero-order valence-corrected chi connectivity index (χ0v) is 16.9. The van der Waals surface area contributed by atoms with Crippen molar-refractivity contribution >= 4 is 11.8 Å². The van der Waals surface area contributed by atoms with E-state index < -0.39 is 11.6 Å². The van der Waals surface area contributed by atoms with E-state index in [0.29, 0.717) is 36.0 Å². The van der Waals surface area contributed by atoms with E-state index in [9.17, 15) is 14.7 Å². The number of carbonyl (C=O) groups is 2. The largest absolute Gasteiger partial charge is 0.478 e. The fourth-order valence-corrected chi connectivity index (χ4v) is 5.41. The molecule has 1 aromatic carbocycles. The fourth-order valence-electron chi connectivity index (χ4n) is 5.41. The second-order valence-electron chi connectivity index (χ2n) is 9.02. The molecular formula is C23H31NO4. The van der Waals surface area contributed by atoms with Crippen molar-refractivity contribution in [3.8, 4) is 0 Å². The molecule has 0 spiro atoms. The summed E-state index contributed by atoms with van der Waals surface area (Å²) in [5.41, 5.74) is 1.00. The summed E-state index contributed by atoms with van der Waals surface area (Å²) in [7, 11) is 0.